The lowest BCUT2D eigenvalue weighted by Gasteiger charge is -2.20. The molecule has 110 valence electrons. The molecule has 3 heterocycles. The third-order valence-electron chi connectivity index (χ3n) is 3.65. The van der Waals surface area contributed by atoms with Gasteiger partial charge in [-0.2, -0.15) is 4.98 Å². The van der Waals surface area contributed by atoms with Crippen LogP contribution in [0.1, 0.15) is 11.3 Å². The van der Waals surface area contributed by atoms with E-state index < -0.39 is 0 Å². The summed E-state index contributed by atoms with van der Waals surface area (Å²) in [6.45, 7) is 3.33. The Labute approximate surface area is 123 Å². The van der Waals surface area contributed by atoms with Crippen LogP contribution in [0.25, 0.3) is 0 Å². The Kier molecular flexibility index (Phi) is 3.96. The lowest BCUT2D eigenvalue weighted by molar-refractivity contribution is 0.185. The number of aryl methyl sites for hydroxylation is 1. The maximum Gasteiger partial charge on any atom is 0.222 e. The smallest absolute Gasteiger partial charge is 0.222 e. The molecule has 0 aromatic carbocycles. The number of ether oxygens (including phenoxy) is 1. The zero-order valence-corrected chi connectivity index (χ0v) is 12.0. The molecule has 21 heavy (non-hydrogen) atoms. The van der Waals surface area contributed by atoms with E-state index in [1.165, 1.54) is 5.56 Å². The second kappa shape index (κ2) is 6.05. The van der Waals surface area contributed by atoms with E-state index in [1.807, 2.05) is 37.5 Å². The number of nitrogen functional groups attached to an aromatic ring is 1. The Bertz CT molecular complexity index is 584. The van der Waals surface area contributed by atoms with Crippen LogP contribution >= 0.6 is 0 Å². The average molecular weight is 285 g/mol. The zero-order valence-electron chi connectivity index (χ0n) is 12.0. The summed E-state index contributed by atoms with van der Waals surface area (Å²) in [6.07, 6.45) is 4.60. The number of anilines is 2. The number of nitrogens with two attached hydrogens (primary N) is 1. The molecule has 3 rings (SSSR count). The molecule has 1 aliphatic rings. The summed E-state index contributed by atoms with van der Waals surface area (Å²) in [7, 11) is 0. The molecule has 2 aromatic heterocycles. The van der Waals surface area contributed by atoms with Crippen molar-refractivity contribution in [1.29, 1.82) is 0 Å². The summed E-state index contributed by atoms with van der Waals surface area (Å²) >= 11 is 0. The van der Waals surface area contributed by atoms with Crippen molar-refractivity contribution in [1.82, 2.24) is 15.0 Å². The highest BCUT2D eigenvalue weighted by Crippen LogP contribution is 2.22. The van der Waals surface area contributed by atoms with Gasteiger partial charge in [-0.1, -0.05) is 0 Å². The second-order valence-electron chi connectivity index (χ2n) is 5.36. The summed E-state index contributed by atoms with van der Waals surface area (Å²) in [5, 5.41) is 3.42. The van der Waals surface area contributed by atoms with Crippen LogP contribution in [0, 0.1) is 12.8 Å². The monoisotopic (exact) mass is 285 g/mol. The van der Waals surface area contributed by atoms with Gasteiger partial charge in [-0.3, -0.25) is 4.98 Å². The molecular formula is C15H19N5O. The van der Waals surface area contributed by atoms with Crippen LogP contribution in [0.5, 0.6) is 0 Å². The van der Waals surface area contributed by atoms with Crippen LogP contribution in [0.4, 0.5) is 11.8 Å². The van der Waals surface area contributed by atoms with Crippen molar-refractivity contribution < 1.29 is 4.74 Å². The van der Waals surface area contributed by atoms with Gasteiger partial charge in [0.2, 0.25) is 5.95 Å². The largest absolute Gasteiger partial charge is 0.379 e. The number of hydrogen-bond donors (Lipinski definition) is 2. The maximum absolute atomic E-state index is 5.69. The van der Waals surface area contributed by atoms with Gasteiger partial charge in [0.15, 0.2) is 0 Å². The van der Waals surface area contributed by atoms with E-state index in [9.17, 15) is 0 Å². The normalized spacial score (nSPS) is 21.4. The fourth-order valence-electron chi connectivity index (χ4n) is 2.64. The third-order valence-corrected chi connectivity index (χ3v) is 3.65. The molecule has 1 saturated heterocycles. The molecule has 0 aliphatic carbocycles. The van der Waals surface area contributed by atoms with Crippen molar-refractivity contribution in [3.05, 3.63) is 41.9 Å². The van der Waals surface area contributed by atoms with Crippen molar-refractivity contribution in [2.24, 2.45) is 5.92 Å². The van der Waals surface area contributed by atoms with Gasteiger partial charge in [0, 0.05) is 30.1 Å². The van der Waals surface area contributed by atoms with E-state index in [4.69, 9.17) is 10.5 Å². The molecule has 0 bridgehead atoms. The topological polar surface area (TPSA) is 86.0 Å². The van der Waals surface area contributed by atoms with Gasteiger partial charge < -0.3 is 15.8 Å². The Hall–Kier alpha value is -2.21. The molecule has 2 atom stereocenters. The Morgan fingerprint density at radius 2 is 2.10 bits per heavy atom. The minimum atomic E-state index is 0.229. The van der Waals surface area contributed by atoms with Crippen molar-refractivity contribution in [3.63, 3.8) is 0 Å². The first kappa shape index (κ1) is 13.8. The number of rotatable bonds is 4. The van der Waals surface area contributed by atoms with Crippen LogP contribution in [0.3, 0.4) is 0 Å². The fourth-order valence-corrected chi connectivity index (χ4v) is 2.64. The predicted molar refractivity (Wildman–Crippen MR) is 80.8 cm³/mol. The molecule has 0 spiro atoms. The van der Waals surface area contributed by atoms with Gasteiger partial charge in [-0.05, 0) is 31.0 Å². The van der Waals surface area contributed by atoms with Crippen molar-refractivity contribution in [2.75, 3.05) is 24.3 Å². The van der Waals surface area contributed by atoms with Gasteiger partial charge in [-0.25, -0.2) is 4.98 Å². The van der Waals surface area contributed by atoms with Crippen LogP contribution in [0.2, 0.25) is 0 Å². The Morgan fingerprint density at radius 3 is 2.86 bits per heavy atom. The van der Waals surface area contributed by atoms with Crippen LogP contribution in [-0.2, 0) is 11.2 Å². The van der Waals surface area contributed by atoms with E-state index in [0.717, 1.165) is 24.5 Å². The highest BCUT2D eigenvalue weighted by Gasteiger charge is 2.28. The molecule has 1 fully saturated rings. The first-order valence-corrected chi connectivity index (χ1v) is 7.05. The first-order chi connectivity index (χ1) is 10.2. The number of nitrogens with one attached hydrogen (secondary N) is 1. The third kappa shape index (κ3) is 3.46. The predicted octanol–water partition coefficient (Wildman–Crippen LogP) is 1.43. The lowest BCUT2D eigenvalue weighted by atomic mass is 9.95. The molecule has 0 amide bonds. The summed E-state index contributed by atoms with van der Waals surface area (Å²) in [4.78, 5) is 12.4. The van der Waals surface area contributed by atoms with E-state index in [2.05, 4.69) is 20.3 Å². The molecule has 3 N–H and O–H groups in total. The molecule has 6 heteroatoms. The van der Waals surface area contributed by atoms with Crippen molar-refractivity contribution in [2.45, 2.75) is 19.4 Å². The molecule has 6 nitrogen and oxygen atoms in total. The zero-order chi connectivity index (χ0) is 14.7. The Morgan fingerprint density at radius 1 is 1.29 bits per heavy atom. The minimum absolute atomic E-state index is 0.229. The van der Waals surface area contributed by atoms with E-state index in [0.29, 0.717) is 18.5 Å². The number of hydrogen-bond acceptors (Lipinski definition) is 6. The number of nitrogens with zero attached hydrogens (tertiary/aromatic N) is 3. The average Bonchev–Trinajstić information content (AvgIpc) is 2.86. The molecule has 2 aromatic rings. The van der Waals surface area contributed by atoms with Gasteiger partial charge >= 0.3 is 0 Å². The van der Waals surface area contributed by atoms with Crippen LogP contribution < -0.4 is 11.1 Å². The van der Waals surface area contributed by atoms with E-state index >= 15 is 0 Å². The number of aromatic nitrogens is 3. The van der Waals surface area contributed by atoms with E-state index in [-0.39, 0.29) is 6.04 Å². The minimum Gasteiger partial charge on any atom is -0.379 e. The lowest BCUT2D eigenvalue weighted by Crippen LogP contribution is -2.29. The van der Waals surface area contributed by atoms with Crippen LogP contribution in [0.15, 0.2) is 30.6 Å². The number of pyridine rings is 1. The SMILES string of the molecule is Cc1cc(N[C@H]2COC[C@H]2Cc2ccncc2)nc(N)n1. The standard InChI is InChI=1S/C15H19N5O/c1-10-6-14(20-15(16)18-10)19-13-9-21-8-12(13)7-11-2-4-17-5-3-11/h2-6,12-13H,7-9H2,1H3,(H3,16,18,19,20)/t12-,13+/m1/s1. The highest BCUT2D eigenvalue weighted by atomic mass is 16.5. The molecule has 0 saturated carbocycles. The summed E-state index contributed by atoms with van der Waals surface area (Å²) < 4.78 is 5.62. The molecule has 0 radical (unpaired) electrons. The summed E-state index contributed by atoms with van der Waals surface area (Å²) in [6, 6.07) is 6.22. The molecule has 1 aliphatic heterocycles. The first-order valence-electron chi connectivity index (χ1n) is 7.05. The van der Waals surface area contributed by atoms with Crippen molar-refractivity contribution >= 4 is 11.8 Å². The van der Waals surface area contributed by atoms with Crippen LogP contribution in [-0.4, -0.2) is 34.2 Å². The highest BCUT2D eigenvalue weighted by molar-refractivity contribution is 5.41. The quantitative estimate of drug-likeness (QED) is 0.884. The van der Waals surface area contributed by atoms with Crippen molar-refractivity contribution in [3.8, 4) is 0 Å². The summed E-state index contributed by atoms with van der Waals surface area (Å²) in [5.74, 6) is 1.46. The van der Waals surface area contributed by atoms with Gasteiger partial charge in [0.25, 0.3) is 0 Å². The molecular weight excluding hydrogens is 266 g/mol. The fraction of sp³-hybridized carbons (Fsp3) is 0.400. The Balaban J connectivity index is 1.69. The van der Waals surface area contributed by atoms with Gasteiger partial charge in [-0.15, -0.1) is 0 Å². The maximum atomic E-state index is 5.69. The molecule has 0 unspecified atom stereocenters. The van der Waals surface area contributed by atoms with E-state index in [1.54, 1.807) is 0 Å². The second-order valence-corrected chi connectivity index (χ2v) is 5.36. The van der Waals surface area contributed by atoms with Gasteiger partial charge in [0.05, 0.1) is 19.3 Å². The van der Waals surface area contributed by atoms with Gasteiger partial charge in [0.1, 0.15) is 5.82 Å². The summed E-state index contributed by atoms with van der Waals surface area (Å²) in [5.41, 5.74) is 7.82.